The van der Waals surface area contributed by atoms with Crippen molar-refractivity contribution in [3.8, 4) is 0 Å². The van der Waals surface area contributed by atoms with Crippen LogP contribution in [0.5, 0.6) is 0 Å². The summed E-state index contributed by atoms with van der Waals surface area (Å²) in [5, 5.41) is 17.3. The summed E-state index contributed by atoms with van der Waals surface area (Å²) < 4.78 is 25.1. The Morgan fingerprint density at radius 3 is 2.50 bits per heavy atom. The number of carboxylic acids is 1. The lowest BCUT2D eigenvalue weighted by Gasteiger charge is -2.05. The summed E-state index contributed by atoms with van der Waals surface area (Å²) in [6, 6.07) is 2.98. The number of carbonyl (C=O) groups is 1. The molecule has 1 atom stereocenters. The first kappa shape index (κ1) is 10.6. The molecule has 5 heteroatoms. The van der Waals surface area contributed by atoms with Crippen molar-refractivity contribution in [3.05, 3.63) is 35.4 Å². The third kappa shape index (κ3) is 2.50. The van der Waals surface area contributed by atoms with Gasteiger partial charge in [-0.2, -0.15) is 0 Å². The van der Waals surface area contributed by atoms with Crippen LogP contribution in [0.3, 0.4) is 0 Å². The Labute approximate surface area is 78.6 Å². The number of rotatable bonds is 3. The Kier molecular flexibility index (Phi) is 3.14. The van der Waals surface area contributed by atoms with Crippen LogP contribution < -0.4 is 0 Å². The first-order chi connectivity index (χ1) is 6.50. The van der Waals surface area contributed by atoms with E-state index in [0.29, 0.717) is 0 Å². The zero-order chi connectivity index (χ0) is 10.7. The predicted octanol–water partition coefficient (Wildman–Crippen LogP) is 0.953. The van der Waals surface area contributed by atoms with Gasteiger partial charge < -0.3 is 10.2 Å². The minimum atomic E-state index is -1.60. The zero-order valence-electron chi connectivity index (χ0n) is 7.08. The van der Waals surface area contributed by atoms with Crippen molar-refractivity contribution in [2.24, 2.45) is 0 Å². The van der Waals surface area contributed by atoms with E-state index in [-0.39, 0.29) is 12.0 Å². The molecule has 1 rings (SSSR count). The molecule has 1 aromatic rings. The van der Waals surface area contributed by atoms with Gasteiger partial charge in [0.25, 0.3) is 0 Å². The molecule has 0 bridgehead atoms. The van der Waals surface area contributed by atoms with E-state index in [4.69, 9.17) is 10.2 Å². The van der Waals surface area contributed by atoms with Crippen LogP contribution in [0.1, 0.15) is 5.56 Å². The van der Waals surface area contributed by atoms with Gasteiger partial charge in [0.05, 0.1) is 0 Å². The highest BCUT2D eigenvalue weighted by Gasteiger charge is 2.14. The summed E-state index contributed by atoms with van der Waals surface area (Å²) in [5.41, 5.74) is 0.235. The minimum absolute atomic E-state index is 0.235. The van der Waals surface area contributed by atoms with Crippen molar-refractivity contribution in [2.45, 2.75) is 12.5 Å². The lowest BCUT2D eigenvalue weighted by atomic mass is 10.1. The number of benzene rings is 1. The topological polar surface area (TPSA) is 57.5 Å². The molecule has 14 heavy (non-hydrogen) atoms. The molecule has 3 nitrogen and oxygen atoms in total. The molecular formula is C9H8F2O3. The van der Waals surface area contributed by atoms with Gasteiger partial charge in [-0.15, -0.1) is 0 Å². The number of carboxylic acid groups (broad SMARTS) is 1. The fraction of sp³-hybridized carbons (Fsp3) is 0.222. The normalized spacial score (nSPS) is 12.5. The molecule has 1 aromatic carbocycles. The third-order valence-corrected chi connectivity index (χ3v) is 1.70. The summed E-state index contributed by atoms with van der Waals surface area (Å²) in [6.07, 6.45) is -1.84. The quantitative estimate of drug-likeness (QED) is 0.767. The van der Waals surface area contributed by atoms with Gasteiger partial charge in [0.15, 0.2) is 17.7 Å². The largest absolute Gasteiger partial charge is 0.479 e. The van der Waals surface area contributed by atoms with E-state index in [1.165, 1.54) is 6.07 Å². The highest BCUT2D eigenvalue weighted by atomic mass is 19.2. The van der Waals surface area contributed by atoms with Crippen molar-refractivity contribution in [1.82, 2.24) is 0 Å². The van der Waals surface area contributed by atoms with Crippen LogP contribution in [0.15, 0.2) is 18.2 Å². The molecule has 0 aliphatic carbocycles. The van der Waals surface area contributed by atoms with Gasteiger partial charge in [0.1, 0.15) is 0 Å². The minimum Gasteiger partial charge on any atom is -0.479 e. The Morgan fingerprint density at radius 2 is 2.00 bits per heavy atom. The van der Waals surface area contributed by atoms with Crippen LogP contribution in [0.25, 0.3) is 0 Å². The molecule has 76 valence electrons. The number of hydrogen-bond acceptors (Lipinski definition) is 2. The molecule has 2 N–H and O–H groups in total. The van der Waals surface area contributed by atoms with E-state index in [1.54, 1.807) is 0 Å². The molecule has 0 heterocycles. The SMILES string of the molecule is O=C(O)C(O)Cc1ccc(F)c(F)c1. The molecule has 0 saturated heterocycles. The highest BCUT2D eigenvalue weighted by molar-refractivity contribution is 5.72. The van der Waals surface area contributed by atoms with Gasteiger partial charge >= 0.3 is 5.97 Å². The average Bonchev–Trinajstić information content (AvgIpc) is 2.11. The van der Waals surface area contributed by atoms with Crippen LogP contribution >= 0.6 is 0 Å². The second-order valence-corrected chi connectivity index (χ2v) is 2.81. The van der Waals surface area contributed by atoms with E-state index in [9.17, 15) is 13.6 Å². The van der Waals surface area contributed by atoms with Gasteiger partial charge in [-0.25, -0.2) is 13.6 Å². The fourth-order valence-corrected chi connectivity index (χ4v) is 0.977. The van der Waals surface area contributed by atoms with Crippen LogP contribution in [-0.4, -0.2) is 22.3 Å². The molecule has 0 saturated carbocycles. The van der Waals surface area contributed by atoms with E-state index in [1.807, 2.05) is 0 Å². The smallest absolute Gasteiger partial charge is 0.332 e. The van der Waals surface area contributed by atoms with Crippen molar-refractivity contribution in [1.29, 1.82) is 0 Å². The summed E-state index contributed by atoms with van der Waals surface area (Å²) in [6.45, 7) is 0. The predicted molar refractivity (Wildman–Crippen MR) is 43.7 cm³/mol. The fourth-order valence-electron chi connectivity index (χ4n) is 0.977. The Morgan fingerprint density at radius 1 is 1.36 bits per heavy atom. The van der Waals surface area contributed by atoms with Gasteiger partial charge in [-0.05, 0) is 17.7 Å². The third-order valence-electron chi connectivity index (χ3n) is 1.70. The number of hydrogen-bond donors (Lipinski definition) is 2. The number of aliphatic carboxylic acids is 1. The maximum absolute atomic E-state index is 12.6. The number of halogens is 2. The van der Waals surface area contributed by atoms with Crippen molar-refractivity contribution in [3.63, 3.8) is 0 Å². The maximum atomic E-state index is 12.6. The first-order valence-electron chi connectivity index (χ1n) is 3.85. The number of aliphatic hydroxyl groups excluding tert-OH is 1. The van der Waals surface area contributed by atoms with Crippen molar-refractivity contribution in [2.75, 3.05) is 0 Å². The van der Waals surface area contributed by atoms with Crippen molar-refractivity contribution >= 4 is 5.97 Å². The van der Waals surface area contributed by atoms with Crippen LogP contribution in [0, 0.1) is 11.6 Å². The van der Waals surface area contributed by atoms with E-state index < -0.39 is 23.7 Å². The molecule has 0 spiro atoms. The number of aliphatic hydroxyl groups is 1. The molecule has 0 amide bonds. The summed E-state index contributed by atoms with van der Waals surface area (Å²) in [4.78, 5) is 10.2. The van der Waals surface area contributed by atoms with Gasteiger partial charge in [-0.1, -0.05) is 6.07 Å². The lowest BCUT2D eigenvalue weighted by molar-refractivity contribution is -0.146. The van der Waals surface area contributed by atoms with E-state index in [2.05, 4.69) is 0 Å². The second-order valence-electron chi connectivity index (χ2n) is 2.81. The molecule has 0 aromatic heterocycles. The van der Waals surface area contributed by atoms with E-state index in [0.717, 1.165) is 12.1 Å². The average molecular weight is 202 g/mol. The Balaban J connectivity index is 2.78. The van der Waals surface area contributed by atoms with Gasteiger partial charge in [0, 0.05) is 6.42 Å². The summed E-state index contributed by atoms with van der Waals surface area (Å²) >= 11 is 0. The van der Waals surface area contributed by atoms with Gasteiger partial charge in [-0.3, -0.25) is 0 Å². The Bertz CT molecular complexity index is 352. The standard InChI is InChI=1S/C9H8F2O3/c10-6-2-1-5(3-7(6)11)4-8(12)9(13)14/h1-3,8,12H,4H2,(H,13,14). The molecular weight excluding hydrogens is 194 g/mol. The van der Waals surface area contributed by atoms with Gasteiger partial charge in [0.2, 0.25) is 0 Å². The molecule has 0 fully saturated rings. The zero-order valence-corrected chi connectivity index (χ0v) is 7.08. The summed E-state index contributed by atoms with van der Waals surface area (Å²) in [7, 11) is 0. The van der Waals surface area contributed by atoms with Crippen molar-refractivity contribution < 1.29 is 23.8 Å². The molecule has 0 aliphatic heterocycles. The highest BCUT2D eigenvalue weighted by Crippen LogP contribution is 2.10. The molecule has 0 aliphatic rings. The maximum Gasteiger partial charge on any atom is 0.332 e. The second kappa shape index (κ2) is 4.15. The van der Waals surface area contributed by atoms with Crippen LogP contribution in [0.4, 0.5) is 8.78 Å². The van der Waals surface area contributed by atoms with Crippen LogP contribution in [-0.2, 0) is 11.2 Å². The van der Waals surface area contributed by atoms with E-state index >= 15 is 0 Å². The monoisotopic (exact) mass is 202 g/mol. The van der Waals surface area contributed by atoms with Crippen LogP contribution in [0.2, 0.25) is 0 Å². The molecule has 0 radical (unpaired) electrons. The molecule has 1 unspecified atom stereocenters. The Hall–Kier alpha value is -1.49. The first-order valence-corrected chi connectivity index (χ1v) is 3.85. The summed E-state index contributed by atoms with van der Waals surface area (Å²) in [5.74, 6) is -3.45. The lowest BCUT2D eigenvalue weighted by Crippen LogP contribution is -2.22.